The highest BCUT2D eigenvalue weighted by Gasteiger charge is 2.02. The van der Waals surface area contributed by atoms with Crippen LogP contribution in [-0.4, -0.2) is 8.76 Å². The highest BCUT2D eigenvalue weighted by Crippen LogP contribution is 2.11. The second-order valence-corrected chi connectivity index (χ2v) is 3.72. The van der Waals surface area contributed by atoms with Crippen LogP contribution in [0.5, 0.6) is 0 Å². The average Bonchev–Trinajstić information content (AvgIpc) is 2.01. The second kappa shape index (κ2) is 4.48. The van der Waals surface area contributed by atoms with E-state index >= 15 is 0 Å². The molecular weight excluding hydrogens is 191 g/mol. The molecule has 0 bridgehead atoms. The number of benzene rings is 1. The Labute approximate surface area is 79.1 Å². The van der Waals surface area contributed by atoms with Gasteiger partial charge in [0.2, 0.25) is 0 Å². The fourth-order valence-electron chi connectivity index (χ4n) is 1.15. The van der Waals surface area contributed by atoms with E-state index < -0.39 is 11.1 Å². The number of rotatable bonds is 3. The van der Waals surface area contributed by atoms with Crippen LogP contribution in [0, 0.1) is 5.82 Å². The van der Waals surface area contributed by atoms with Gasteiger partial charge in [-0.05, 0) is 29.7 Å². The predicted octanol–water partition coefficient (Wildman–Crippen LogP) is 2.11. The minimum Gasteiger partial charge on any atom is -0.306 e. The summed E-state index contributed by atoms with van der Waals surface area (Å²) in [5.74, 6) is -0.357. The minimum absolute atomic E-state index is 0.00917. The lowest BCUT2D eigenvalue weighted by Gasteiger charge is -2.01. The molecule has 0 heterocycles. The van der Waals surface area contributed by atoms with Gasteiger partial charge in [0.1, 0.15) is 5.82 Å². The van der Waals surface area contributed by atoms with Crippen LogP contribution in [0.25, 0.3) is 0 Å². The first-order chi connectivity index (χ1) is 6.11. The molecule has 0 aliphatic heterocycles. The standard InChI is InChI=1S/C9H11FO2S/c1-2-7-3-8(6-13(11)12)5-9(10)4-7/h3-5H,2,6H2,1H3,(H,11,12). The van der Waals surface area contributed by atoms with Gasteiger partial charge in [-0.2, -0.15) is 0 Å². The zero-order chi connectivity index (χ0) is 9.84. The van der Waals surface area contributed by atoms with Gasteiger partial charge in [-0.15, -0.1) is 0 Å². The van der Waals surface area contributed by atoms with E-state index in [1.807, 2.05) is 6.92 Å². The Morgan fingerprint density at radius 2 is 2.00 bits per heavy atom. The van der Waals surface area contributed by atoms with Gasteiger partial charge in [0, 0.05) is 0 Å². The summed E-state index contributed by atoms with van der Waals surface area (Å²) in [6, 6.07) is 4.47. The molecule has 13 heavy (non-hydrogen) atoms. The van der Waals surface area contributed by atoms with Crippen LogP contribution in [0.1, 0.15) is 18.1 Å². The maximum absolute atomic E-state index is 12.9. The SMILES string of the molecule is CCc1cc(F)cc(CS(=O)O)c1. The predicted molar refractivity (Wildman–Crippen MR) is 50.3 cm³/mol. The van der Waals surface area contributed by atoms with E-state index in [2.05, 4.69) is 0 Å². The summed E-state index contributed by atoms with van der Waals surface area (Å²) in [6.07, 6.45) is 0.725. The van der Waals surface area contributed by atoms with E-state index in [9.17, 15) is 8.60 Å². The van der Waals surface area contributed by atoms with Crippen LogP contribution in [0.15, 0.2) is 18.2 Å². The van der Waals surface area contributed by atoms with E-state index in [1.165, 1.54) is 12.1 Å². The van der Waals surface area contributed by atoms with Gasteiger partial charge in [-0.1, -0.05) is 13.0 Å². The molecule has 1 rings (SSSR count). The minimum atomic E-state index is -1.90. The second-order valence-electron chi connectivity index (χ2n) is 2.79. The first-order valence-corrected chi connectivity index (χ1v) is 5.25. The number of aryl methyl sites for hydroxylation is 1. The molecule has 1 N–H and O–H groups in total. The zero-order valence-electron chi connectivity index (χ0n) is 7.29. The van der Waals surface area contributed by atoms with Crippen molar-refractivity contribution in [1.29, 1.82) is 0 Å². The van der Waals surface area contributed by atoms with Gasteiger partial charge in [-0.3, -0.25) is 0 Å². The van der Waals surface area contributed by atoms with Crippen molar-refractivity contribution < 1.29 is 13.2 Å². The summed E-state index contributed by atoms with van der Waals surface area (Å²) in [5.41, 5.74) is 1.41. The summed E-state index contributed by atoms with van der Waals surface area (Å²) < 4.78 is 32.0. The molecule has 4 heteroatoms. The van der Waals surface area contributed by atoms with E-state index in [1.54, 1.807) is 6.07 Å². The van der Waals surface area contributed by atoms with Crippen LogP contribution >= 0.6 is 0 Å². The quantitative estimate of drug-likeness (QED) is 0.762. The van der Waals surface area contributed by atoms with Crippen molar-refractivity contribution in [2.75, 3.05) is 0 Å². The van der Waals surface area contributed by atoms with Gasteiger partial charge < -0.3 is 4.55 Å². The molecule has 0 saturated heterocycles. The third-order valence-electron chi connectivity index (χ3n) is 1.72. The molecule has 0 fully saturated rings. The van der Waals surface area contributed by atoms with Gasteiger partial charge in [-0.25, -0.2) is 8.60 Å². The summed E-state index contributed by atoms with van der Waals surface area (Å²) >= 11 is -1.90. The fourth-order valence-corrected chi connectivity index (χ4v) is 1.60. The molecular formula is C9H11FO2S. The maximum atomic E-state index is 12.9. The van der Waals surface area contributed by atoms with Gasteiger partial charge >= 0.3 is 0 Å². The Kier molecular flexibility index (Phi) is 3.57. The molecule has 1 atom stereocenters. The van der Waals surface area contributed by atoms with Gasteiger partial charge in [0.05, 0.1) is 5.75 Å². The van der Waals surface area contributed by atoms with Crippen LogP contribution in [0.2, 0.25) is 0 Å². The largest absolute Gasteiger partial charge is 0.306 e. The van der Waals surface area contributed by atoms with Crippen molar-refractivity contribution >= 4 is 11.1 Å². The molecule has 0 spiro atoms. The highest BCUT2D eigenvalue weighted by atomic mass is 32.2. The lowest BCUT2D eigenvalue weighted by molar-refractivity contribution is 0.563. The summed E-state index contributed by atoms with van der Waals surface area (Å²) in [4.78, 5) is 0. The molecule has 0 aliphatic rings. The Bertz CT molecular complexity index is 325. The molecule has 0 radical (unpaired) electrons. The van der Waals surface area contributed by atoms with Crippen LogP contribution < -0.4 is 0 Å². The summed E-state index contributed by atoms with van der Waals surface area (Å²) in [5, 5.41) is 0. The third kappa shape index (κ3) is 3.24. The molecule has 0 aromatic heterocycles. The number of hydrogen-bond acceptors (Lipinski definition) is 1. The molecule has 72 valence electrons. The topological polar surface area (TPSA) is 37.3 Å². The average molecular weight is 202 g/mol. The van der Waals surface area contributed by atoms with Gasteiger partial charge in [0.15, 0.2) is 11.1 Å². The smallest absolute Gasteiger partial charge is 0.157 e. The lowest BCUT2D eigenvalue weighted by atomic mass is 10.1. The Hall–Kier alpha value is -0.740. The van der Waals surface area contributed by atoms with Crippen molar-refractivity contribution in [1.82, 2.24) is 0 Å². The van der Waals surface area contributed by atoms with E-state index in [-0.39, 0.29) is 11.6 Å². The molecule has 0 amide bonds. The van der Waals surface area contributed by atoms with Crippen LogP contribution in [0.4, 0.5) is 4.39 Å². The van der Waals surface area contributed by atoms with Crippen LogP contribution in [0.3, 0.4) is 0 Å². The Morgan fingerprint density at radius 3 is 2.54 bits per heavy atom. The molecule has 0 aliphatic carbocycles. The number of hydrogen-bond donors (Lipinski definition) is 1. The Morgan fingerprint density at radius 1 is 1.38 bits per heavy atom. The van der Waals surface area contributed by atoms with Crippen molar-refractivity contribution in [3.63, 3.8) is 0 Å². The highest BCUT2D eigenvalue weighted by molar-refractivity contribution is 7.78. The maximum Gasteiger partial charge on any atom is 0.157 e. The monoisotopic (exact) mass is 202 g/mol. The first-order valence-electron chi connectivity index (χ1n) is 3.97. The summed E-state index contributed by atoms with van der Waals surface area (Å²) in [6.45, 7) is 1.91. The Balaban J connectivity index is 2.94. The first kappa shape index (κ1) is 10.3. The van der Waals surface area contributed by atoms with Crippen molar-refractivity contribution in [3.8, 4) is 0 Å². The van der Waals surface area contributed by atoms with E-state index in [4.69, 9.17) is 4.55 Å². The number of halogens is 1. The van der Waals surface area contributed by atoms with Crippen molar-refractivity contribution in [3.05, 3.63) is 35.1 Å². The molecule has 1 aromatic carbocycles. The lowest BCUT2D eigenvalue weighted by Crippen LogP contribution is -1.95. The van der Waals surface area contributed by atoms with E-state index in [0.717, 1.165) is 12.0 Å². The molecule has 1 unspecified atom stereocenters. The molecule has 0 saturated carbocycles. The molecule has 1 aromatic rings. The van der Waals surface area contributed by atoms with Crippen molar-refractivity contribution in [2.24, 2.45) is 0 Å². The zero-order valence-corrected chi connectivity index (χ0v) is 8.10. The fraction of sp³-hybridized carbons (Fsp3) is 0.333. The summed E-state index contributed by atoms with van der Waals surface area (Å²) in [7, 11) is 0. The third-order valence-corrected chi connectivity index (χ3v) is 2.30. The van der Waals surface area contributed by atoms with Gasteiger partial charge in [0.25, 0.3) is 0 Å². The van der Waals surface area contributed by atoms with E-state index in [0.29, 0.717) is 5.56 Å². The van der Waals surface area contributed by atoms with Crippen molar-refractivity contribution in [2.45, 2.75) is 19.1 Å². The normalized spacial score (nSPS) is 12.8. The molecule has 2 nitrogen and oxygen atoms in total. The van der Waals surface area contributed by atoms with Crippen LogP contribution in [-0.2, 0) is 23.3 Å².